The third kappa shape index (κ3) is 4.75. The molecule has 2 rings (SSSR count). The summed E-state index contributed by atoms with van der Waals surface area (Å²) in [5.41, 5.74) is 1.62. The van der Waals surface area contributed by atoms with Gasteiger partial charge in [0.1, 0.15) is 0 Å². The van der Waals surface area contributed by atoms with Crippen molar-refractivity contribution in [3.63, 3.8) is 0 Å². The number of carboxylic acid groups (broad SMARTS) is 1. The van der Waals surface area contributed by atoms with Gasteiger partial charge in [-0.3, -0.25) is 4.79 Å². The molecule has 0 atom stereocenters. The summed E-state index contributed by atoms with van der Waals surface area (Å²) in [5, 5.41) is 15.6. The highest BCUT2D eigenvalue weighted by atomic mass is 32.2. The molecule has 1 aromatic carbocycles. The zero-order valence-corrected chi connectivity index (χ0v) is 12.8. The number of nitrogens with one attached hydrogen (secondary N) is 2. The van der Waals surface area contributed by atoms with Crippen LogP contribution in [0.4, 0.5) is 5.69 Å². The van der Waals surface area contributed by atoms with Crippen molar-refractivity contribution in [2.75, 3.05) is 24.2 Å². The molecule has 1 aliphatic heterocycles. The van der Waals surface area contributed by atoms with E-state index in [-0.39, 0.29) is 11.5 Å². The molecule has 0 bridgehead atoms. The largest absolute Gasteiger partial charge is 0.478 e. The summed E-state index contributed by atoms with van der Waals surface area (Å²) >= 11 is 1.67. The van der Waals surface area contributed by atoms with E-state index >= 15 is 0 Å². The smallest absolute Gasteiger partial charge is 0.335 e. The van der Waals surface area contributed by atoms with E-state index in [1.54, 1.807) is 17.8 Å². The number of anilines is 1. The van der Waals surface area contributed by atoms with E-state index in [2.05, 4.69) is 10.6 Å². The van der Waals surface area contributed by atoms with E-state index in [0.29, 0.717) is 16.7 Å². The summed E-state index contributed by atoms with van der Waals surface area (Å²) < 4.78 is 0. The van der Waals surface area contributed by atoms with Gasteiger partial charge in [-0.2, -0.15) is 0 Å². The summed E-state index contributed by atoms with van der Waals surface area (Å²) in [6, 6.07) is 4.75. The van der Waals surface area contributed by atoms with Crippen LogP contribution in [0.2, 0.25) is 0 Å². The molecule has 1 amide bonds. The Balaban J connectivity index is 1.89. The first-order chi connectivity index (χ1) is 10.1. The van der Waals surface area contributed by atoms with E-state index < -0.39 is 5.97 Å². The molecule has 0 aromatic heterocycles. The van der Waals surface area contributed by atoms with Crippen LogP contribution in [0.3, 0.4) is 0 Å². The highest BCUT2D eigenvalue weighted by Crippen LogP contribution is 2.21. The van der Waals surface area contributed by atoms with Gasteiger partial charge in [0.05, 0.1) is 11.3 Å². The molecule has 1 heterocycles. The predicted molar refractivity (Wildman–Crippen MR) is 85.1 cm³/mol. The Morgan fingerprint density at radius 3 is 2.76 bits per heavy atom. The molecule has 6 heteroatoms. The van der Waals surface area contributed by atoms with Gasteiger partial charge in [-0.15, -0.1) is 11.8 Å². The Morgan fingerprint density at radius 2 is 2.10 bits per heavy atom. The van der Waals surface area contributed by atoms with Crippen molar-refractivity contribution in [2.24, 2.45) is 0 Å². The summed E-state index contributed by atoms with van der Waals surface area (Å²) in [7, 11) is 0. The molecule has 114 valence electrons. The molecule has 3 N–H and O–H groups in total. The van der Waals surface area contributed by atoms with Crippen molar-refractivity contribution < 1.29 is 14.7 Å². The molecule has 21 heavy (non-hydrogen) atoms. The number of thioether (sulfide) groups is 1. The number of benzene rings is 1. The highest BCUT2D eigenvalue weighted by Gasteiger charge is 2.15. The highest BCUT2D eigenvalue weighted by molar-refractivity contribution is 8.00. The second-order valence-electron chi connectivity index (χ2n) is 5.14. The van der Waals surface area contributed by atoms with Crippen LogP contribution in [-0.4, -0.2) is 41.1 Å². The molecule has 5 nitrogen and oxygen atoms in total. The number of piperidine rings is 1. The first-order valence-electron chi connectivity index (χ1n) is 7.02. The van der Waals surface area contributed by atoms with E-state index in [1.165, 1.54) is 12.1 Å². The molecule has 1 saturated heterocycles. The maximum Gasteiger partial charge on any atom is 0.335 e. The van der Waals surface area contributed by atoms with Gasteiger partial charge in [-0.1, -0.05) is 6.07 Å². The maximum absolute atomic E-state index is 12.0. The van der Waals surface area contributed by atoms with Gasteiger partial charge in [0, 0.05) is 10.9 Å². The van der Waals surface area contributed by atoms with Crippen LogP contribution in [0.15, 0.2) is 18.2 Å². The van der Waals surface area contributed by atoms with E-state index in [0.717, 1.165) is 31.5 Å². The fraction of sp³-hybridized carbons (Fsp3) is 0.467. The van der Waals surface area contributed by atoms with Crippen molar-refractivity contribution >= 4 is 29.3 Å². The van der Waals surface area contributed by atoms with Crippen LogP contribution >= 0.6 is 11.8 Å². The van der Waals surface area contributed by atoms with E-state index in [4.69, 9.17) is 5.11 Å². The van der Waals surface area contributed by atoms with Crippen LogP contribution in [0, 0.1) is 6.92 Å². The number of carbonyl (C=O) groups is 2. The van der Waals surface area contributed by atoms with Gasteiger partial charge in [0.2, 0.25) is 5.91 Å². The van der Waals surface area contributed by atoms with Crippen molar-refractivity contribution in [2.45, 2.75) is 25.0 Å². The average molecular weight is 308 g/mol. The average Bonchev–Trinajstić information content (AvgIpc) is 2.48. The molecular weight excluding hydrogens is 288 g/mol. The lowest BCUT2D eigenvalue weighted by molar-refractivity contribution is -0.113. The first-order valence-corrected chi connectivity index (χ1v) is 8.07. The third-order valence-electron chi connectivity index (χ3n) is 3.49. The summed E-state index contributed by atoms with van der Waals surface area (Å²) in [4.78, 5) is 23.0. The Morgan fingerprint density at radius 1 is 1.38 bits per heavy atom. The zero-order chi connectivity index (χ0) is 15.2. The summed E-state index contributed by atoms with van der Waals surface area (Å²) in [6.45, 7) is 3.87. The number of aromatic carboxylic acids is 1. The minimum Gasteiger partial charge on any atom is -0.478 e. The number of rotatable bonds is 5. The molecule has 1 aliphatic rings. The van der Waals surface area contributed by atoms with Crippen molar-refractivity contribution in [3.8, 4) is 0 Å². The summed E-state index contributed by atoms with van der Waals surface area (Å²) in [6.07, 6.45) is 2.18. The van der Waals surface area contributed by atoms with E-state index in [1.807, 2.05) is 6.92 Å². The Labute approximate surface area is 128 Å². The molecule has 0 spiro atoms. The number of carbonyl (C=O) groups excluding carboxylic acids is 1. The topological polar surface area (TPSA) is 78.4 Å². The number of hydrogen-bond donors (Lipinski definition) is 3. The second kappa shape index (κ2) is 7.47. The second-order valence-corrected chi connectivity index (χ2v) is 6.43. The minimum atomic E-state index is -0.991. The minimum absolute atomic E-state index is 0.0795. The Kier molecular flexibility index (Phi) is 5.64. The maximum atomic E-state index is 12.0. The molecule has 1 aromatic rings. The Bertz CT molecular complexity index is 528. The predicted octanol–water partition coefficient (Wildman–Crippen LogP) is 2.12. The van der Waals surface area contributed by atoms with Crippen LogP contribution in [0.5, 0.6) is 0 Å². The number of aryl methyl sites for hydroxylation is 1. The summed E-state index contributed by atoms with van der Waals surface area (Å²) in [5.74, 6) is -0.666. The third-order valence-corrected chi connectivity index (χ3v) is 4.87. The van der Waals surface area contributed by atoms with Gasteiger partial charge in [0.15, 0.2) is 0 Å². The van der Waals surface area contributed by atoms with Crippen LogP contribution in [0.25, 0.3) is 0 Å². The lowest BCUT2D eigenvalue weighted by Crippen LogP contribution is -2.30. The van der Waals surface area contributed by atoms with Crippen LogP contribution < -0.4 is 10.6 Å². The van der Waals surface area contributed by atoms with Gasteiger partial charge in [0.25, 0.3) is 0 Å². The number of amides is 1. The number of carboxylic acids is 1. The lowest BCUT2D eigenvalue weighted by atomic mass is 10.1. The normalized spacial score (nSPS) is 15.7. The fourth-order valence-electron chi connectivity index (χ4n) is 2.23. The molecule has 0 aliphatic carbocycles. The monoisotopic (exact) mass is 308 g/mol. The van der Waals surface area contributed by atoms with Crippen molar-refractivity contribution in [1.82, 2.24) is 5.32 Å². The quantitative estimate of drug-likeness (QED) is 0.776. The molecule has 0 saturated carbocycles. The molecule has 0 unspecified atom stereocenters. The molecule has 0 radical (unpaired) electrons. The Hall–Kier alpha value is -1.53. The molecular formula is C15H20N2O3S. The first kappa shape index (κ1) is 15.9. The standard InChI is InChI=1S/C15H20N2O3S/c1-10-2-3-11(15(19)20)8-13(10)17-14(18)9-21-12-4-6-16-7-5-12/h2-3,8,12,16H,4-7,9H2,1H3,(H,17,18)(H,19,20). The fourth-order valence-corrected chi connectivity index (χ4v) is 3.26. The van der Waals surface area contributed by atoms with Crippen LogP contribution in [-0.2, 0) is 4.79 Å². The number of hydrogen-bond acceptors (Lipinski definition) is 4. The van der Waals surface area contributed by atoms with E-state index in [9.17, 15) is 9.59 Å². The van der Waals surface area contributed by atoms with Gasteiger partial charge in [-0.05, 0) is 50.6 Å². The van der Waals surface area contributed by atoms with Crippen LogP contribution in [0.1, 0.15) is 28.8 Å². The van der Waals surface area contributed by atoms with Gasteiger partial charge >= 0.3 is 5.97 Å². The van der Waals surface area contributed by atoms with Crippen molar-refractivity contribution in [3.05, 3.63) is 29.3 Å². The lowest BCUT2D eigenvalue weighted by Gasteiger charge is -2.21. The van der Waals surface area contributed by atoms with Gasteiger partial charge in [-0.25, -0.2) is 4.79 Å². The molecule has 1 fully saturated rings. The SMILES string of the molecule is Cc1ccc(C(=O)O)cc1NC(=O)CSC1CCNCC1. The van der Waals surface area contributed by atoms with Crippen molar-refractivity contribution in [1.29, 1.82) is 0 Å². The van der Waals surface area contributed by atoms with Gasteiger partial charge < -0.3 is 15.7 Å². The zero-order valence-electron chi connectivity index (χ0n) is 12.0.